The first-order valence-electron chi connectivity index (χ1n) is 11.7. The summed E-state index contributed by atoms with van der Waals surface area (Å²) >= 11 is 36.6. The first-order valence-corrected chi connectivity index (χ1v) is 16.9. The van der Waals surface area contributed by atoms with Crippen LogP contribution in [0.2, 0.25) is 30.1 Å². The molecule has 0 heterocycles. The third-order valence-corrected chi connectivity index (χ3v) is 11.0. The van der Waals surface area contributed by atoms with E-state index in [1.165, 1.54) is 24.3 Å². The Morgan fingerprint density at radius 1 is 0.489 bits per heavy atom. The van der Waals surface area contributed by atoms with E-state index in [4.69, 9.17) is 69.6 Å². The van der Waals surface area contributed by atoms with Crippen LogP contribution in [0.25, 0.3) is 0 Å². The van der Waals surface area contributed by atoms with E-state index >= 15 is 0 Å². The Labute approximate surface area is 333 Å². The molecule has 0 spiro atoms. The fourth-order valence-corrected chi connectivity index (χ4v) is 7.08. The third-order valence-electron chi connectivity index (χ3n) is 6.50. The number of hydrogen-bond acceptors (Lipinski definition) is 6. The molecule has 0 aliphatic heterocycles. The van der Waals surface area contributed by atoms with Gasteiger partial charge in [-0.3, -0.25) is 9.11 Å². The van der Waals surface area contributed by atoms with Gasteiger partial charge in [-0.25, -0.2) is 0 Å². The van der Waals surface area contributed by atoms with Gasteiger partial charge in [-0.05, 0) is 65.8 Å². The molecule has 0 aliphatic rings. The second kappa shape index (κ2) is 16.2. The van der Waals surface area contributed by atoms with Crippen molar-refractivity contribution in [2.24, 2.45) is 0 Å². The second-order valence-electron chi connectivity index (χ2n) is 9.21. The molecule has 228 valence electrons. The Balaban J connectivity index is 0.00000353. The topological polar surface area (TPSA) is 155 Å². The summed E-state index contributed by atoms with van der Waals surface area (Å²) in [7, 11) is -9.74. The Hall–Kier alpha value is 0.0400. The predicted molar refractivity (Wildman–Crippen MR) is 163 cm³/mol. The molecule has 0 bridgehead atoms. The summed E-state index contributed by atoms with van der Waals surface area (Å²) in [6.07, 6.45) is -1.12. The van der Waals surface area contributed by atoms with Crippen molar-refractivity contribution < 1.29 is 95.3 Å². The van der Waals surface area contributed by atoms with Crippen LogP contribution in [0.1, 0.15) is 33.4 Å². The van der Waals surface area contributed by atoms with E-state index < -0.39 is 41.5 Å². The molecule has 0 saturated heterocycles. The van der Waals surface area contributed by atoms with E-state index in [1.807, 2.05) is 0 Å². The summed E-state index contributed by atoms with van der Waals surface area (Å²) < 4.78 is 68.1. The van der Waals surface area contributed by atoms with Gasteiger partial charge in [0.25, 0.3) is 20.2 Å². The van der Waals surface area contributed by atoms with E-state index in [2.05, 4.69) is 0 Å². The fourth-order valence-electron chi connectivity index (χ4n) is 4.40. The van der Waals surface area contributed by atoms with Crippen LogP contribution in [-0.4, -0.2) is 25.9 Å². The van der Waals surface area contributed by atoms with Crippen LogP contribution in [-0.2, 0) is 39.5 Å². The van der Waals surface area contributed by atoms with Gasteiger partial charge in [-0.2, -0.15) is 16.8 Å². The van der Waals surface area contributed by atoms with Crippen LogP contribution in [0, 0.1) is 0 Å². The number of benzene rings is 4. The number of halogens is 6. The van der Waals surface area contributed by atoms with Crippen molar-refractivity contribution in [3.63, 3.8) is 0 Å². The van der Waals surface area contributed by atoms with Crippen LogP contribution in [0.4, 0.5) is 0 Å². The number of rotatable bonds is 8. The van der Waals surface area contributed by atoms with Crippen molar-refractivity contribution in [1.29, 1.82) is 0 Å². The first-order chi connectivity index (χ1) is 19.9. The Morgan fingerprint density at radius 3 is 1.11 bits per heavy atom. The fraction of sp³-hybridized carbons (Fsp3) is 0.111. The van der Waals surface area contributed by atoms with Crippen LogP contribution in [0.5, 0.6) is 11.5 Å². The zero-order valence-corrected chi connectivity index (χ0v) is 33.3. The van der Waals surface area contributed by atoms with E-state index in [0.29, 0.717) is 0 Å². The smallest absolute Gasteiger partial charge is 0.872 e. The molecule has 2 N–H and O–H groups in total. The van der Waals surface area contributed by atoms with Crippen molar-refractivity contribution in [2.75, 3.05) is 0 Å². The molecule has 0 atom stereocenters. The van der Waals surface area contributed by atoms with Crippen LogP contribution in [0.15, 0.2) is 58.3 Å². The maximum Gasteiger partial charge on any atom is 1.00 e. The van der Waals surface area contributed by atoms with Crippen LogP contribution >= 0.6 is 69.6 Å². The van der Waals surface area contributed by atoms with Gasteiger partial charge in [0, 0.05) is 0 Å². The second-order valence-corrected chi connectivity index (χ2v) is 14.3. The average molecular weight is 791 g/mol. The molecule has 8 nitrogen and oxygen atoms in total. The molecule has 0 unspecified atom stereocenters. The monoisotopic (exact) mass is 788 g/mol. The van der Waals surface area contributed by atoms with E-state index in [0.717, 1.165) is 24.3 Å². The summed E-state index contributed by atoms with van der Waals surface area (Å²) in [4.78, 5) is -1.36. The van der Waals surface area contributed by atoms with Crippen molar-refractivity contribution in [2.45, 2.75) is 29.1 Å². The maximum atomic E-state index is 13.6. The molecule has 0 radical (unpaired) electrons. The van der Waals surface area contributed by atoms with Crippen LogP contribution in [0.3, 0.4) is 0 Å². The average Bonchev–Trinajstić information content (AvgIpc) is 2.91. The van der Waals surface area contributed by atoms with E-state index in [9.17, 15) is 36.2 Å². The molecule has 0 aliphatic carbocycles. The minimum Gasteiger partial charge on any atom is -0.872 e. The minimum absolute atomic E-state index is 0. The molecule has 4 aromatic rings. The molecule has 4 aromatic carbocycles. The van der Waals surface area contributed by atoms with Crippen LogP contribution < -0.4 is 69.3 Å². The zero-order valence-electron chi connectivity index (χ0n) is 23.2. The summed E-state index contributed by atoms with van der Waals surface area (Å²) in [5.41, 5.74) is -0.367. The van der Waals surface area contributed by atoms with Crippen molar-refractivity contribution >= 4 is 89.8 Å². The van der Waals surface area contributed by atoms with Gasteiger partial charge < -0.3 is 10.2 Å². The van der Waals surface area contributed by atoms with Gasteiger partial charge in [0.1, 0.15) is 0 Å². The largest absolute Gasteiger partial charge is 1.00 e. The molecular formula is C27H16Cl6Na2O8S2. The third kappa shape index (κ3) is 9.19. The van der Waals surface area contributed by atoms with E-state index in [-0.39, 0.29) is 142 Å². The summed E-state index contributed by atoms with van der Waals surface area (Å²) in [5.74, 6) is -1.66. The predicted octanol–water partition coefficient (Wildman–Crippen LogP) is 1.03. The molecule has 0 amide bonds. The van der Waals surface area contributed by atoms with Crippen molar-refractivity contribution in [3.05, 3.63) is 112 Å². The van der Waals surface area contributed by atoms with Gasteiger partial charge in [0.15, 0.2) is 0 Å². The SMILES string of the molecule is O=S(=O)(O)c1ccc(Cc2ccc(S(=O)(=O)O)c(Cc3ccc(Cl)c(Cl)c3Cl)c2[O-])c([O-])c1Cc1ccc(Cl)c(Cl)c1Cl.[Na+].[Na+]. The van der Waals surface area contributed by atoms with Gasteiger partial charge in [0.05, 0.1) is 39.9 Å². The summed E-state index contributed by atoms with van der Waals surface area (Å²) in [6.45, 7) is 0. The zero-order chi connectivity index (χ0) is 32.0. The van der Waals surface area contributed by atoms with Gasteiger partial charge in [-0.15, -0.1) is 11.5 Å². The molecule has 18 heteroatoms. The normalized spacial score (nSPS) is 11.6. The number of hydrogen-bond donors (Lipinski definition) is 2. The standard InChI is InChI=1S/C27H18Cl6O8S2.2Na/c28-18-5-1-12(22(30)24(18)32)10-16-20(42(36,37)38)7-3-14(26(16)34)9-15-4-8-21(43(39,40)41)17(27(15)35)11-13-2-6-19(29)25(33)23(13)31;;/h1-8,34-35H,9-11H2,(H,36,37,38)(H,39,40,41);;/q;2*+1/p-2. The maximum absolute atomic E-state index is 13.6. The minimum atomic E-state index is -4.87. The van der Waals surface area contributed by atoms with E-state index in [1.54, 1.807) is 0 Å². The van der Waals surface area contributed by atoms with Crippen molar-refractivity contribution in [1.82, 2.24) is 0 Å². The van der Waals surface area contributed by atoms with Gasteiger partial charge >= 0.3 is 59.1 Å². The molecule has 4 rings (SSSR count). The first kappa shape index (κ1) is 41.2. The summed E-state index contributed by atoms with van der Waals surface area (Å²) in [5, 5.41) is 27.3. The summed E-state index contributed by atoms with van der Waals surface area (Å²) in [6, 6.07) is 9.90. The van der Waals surface area contributed by atoms with Gasteiger partial charge in [0.2, 0.25) is 0 Å². The Morgan fingerprint density at radius 2 is 0.800 bits per heavy atom. The molecule has 0 aromatic heterocycles. The van der Waals surface area contributed by atoms with Crippen molar-refractivity contribution in [3.8, 4) is 11.5 Å². The molecule has 45 heavy (non-hydrogen) atoms. The Kier molecular flexibility index (Phi) is 14.8. The molecule has 0 fully saturated rings. The molecule has 0 saturated carbocycles. The van der Waals surface area contributed by atoms with Gasteiger partial charge in [-0.1, -0.05) is 105 Å². The quantitative estimate of drug-likeness (QED) is 0.153. The Bertz CT molecular complexity index is 1870. The molecular weight excluding hydrogens is 775 g/mol.